The average Bonchev–Trinajstić information content (AvgIpc) is 2.90. The topological polar surface area (TPSA) is 59.8 Å². The molecule has 0 saturated heterocycles. The number of fused-ring (bicyclic) bond motifs is 1. The zero-order valence-corrected chi connectivity index (χ0v) is 13.7. The molecule has 112 valence electrons. The van der Waals surface area contributed by atoms with Crippen molar-refractivity contribution in [2.75, 3.05) is 5.32 Å². The molecule has 6 heteroatoms. The van der Waals surface area contributed by atoms with Gasteiger partial charge in [-0.05, 0) is 42.8 Å². The molecule has 0 bridgehead atoms. The van der Waals surface area contributed by atoms with Crippen molar-refractivity contribution in [3.63, 3.8) is 0 Å². The third-order valence-corrected chi connectivity index (χ3v) is 3.79. The number of hydrogen-bond acceptors (Lipinski definition) is 3. The summed E-state index contributed by atoms with van der Waals surface area (Å²) in [6.07, 6.45) is 0.990. The minimum Gasteiger partial charge on any atom is -0.322 e. The zero-order chi connectivity index (χ0) is 15.5. The maximum atomic E-state index is 12.3. The van der Waals surface area contributed by atoms with Crippen LogP contribution in [-0.2, 0) is 6.54 Å². The summed E-state index contributed by atoms with van der Waals surface area (Å²) < 4.78 is 2.77. The number of nitrogens with zero attached hydrogens (tertiary/aromatic N) is 3. The number of anilines is 1. The molecule has 0 saturated carbocycles. The van der Waals surface area contributed by atoms with Gasteiger partial charge in [0, 0.05) is 22.3 Å². The maximum Gasteiger partial charge on any atom is 0.255 e. The smallest absolute Gasteiger partial charge is 0.255 e. The van der Waals surface area contributed by atoms with Crippen LogP contribution in [0.5, 0.6) is 0 Å². The summed E-state index contributed by atoms with van der Waals surface area (Å²) in [7, 11) is 0. The van der Waals surface area contributed by atoms with Crippen molar-refractivity contribution < 1.29 is 4.79 Å². The van der Waals surface area contributed by atoms with Crippen LogP contribution < -0.4 is 5.32 Å². The van der Waals surface area contributed by atoms with Gasteiger partial charge in [-0.1, -0.05) is 34.1 Å². The highest BCUT2D eigenvalue weighted by atomic mass is 79.9. The number of nitrogens with one attached hydrogen (secondary N) is 1. The van der Waals surface area contributed by atoms with Crippen molar-refractivity contribution in [3.05, 3.63) is 52.5 Å². The highest BCUT2D eigenvalue weighted by Gasteiger charge is 2.10. The molecule has 0 aliphatic heterocycles. The van der Waals surface area contributed by atoms with E-state index in [4.69, 9.17) is 0 Å². The molecule has 1 N–H and O–H groups in total. The SMILES string of the molecule is CCCn1nnc2cc(C(=O)Nc3cccc(Br)c3)ccc21. The highest BCUT2D eigenvalue weighted by molar-refractivity contribution is 9.10. The molecule has 0 spiro atoms. The van der Waals surface area contributed by atoms with Crippen LogP contribution in [0, 0.1) is 0 Å². The maximum absolute atomic E-state index is 12.3. The van der Waals surface area contributed by atoms with Crippen LogP contribution >= 0.6 is 15.9 Å². The Kier molecular flexibility index (Phi) is 4.20. The first-order valence-electron chi connectivity index (χ1n) is 7.07. The van der Waals surface area contributed by atoms with Crippen molar-refractivity contribution in [3.8, 4) is 0 Å². The van der Waals surface area contributed by atoms with E-state index < -0.39 is 0 Å². The molecule has 0 unspecified atom stereocenters. The monoisotopic (exact) mass is 358 g/mol. The summed E-state index contributed by atoms with van der Waals surface area (Å²) in [5.41, 5.74) is 2.99. The summed E-state index contributed by atoms with van der Waals surface area (Å²) in [5, 5.41) is 11.1. The van der Waals surface area contributed by atoms with Crippen LogP contribution in [0.3, 0.4) is 0 Å². The Labute approximate surface area is 136 Å². The predicted molar refractivity (Wildman–Crippen MR) is 89.9 cm³/mol. The fraction of sp³-hybridized carbons (Fsp3) is 0.188. The van der Waals surface area contributed by atoms with Gasteiger partial charge in [0.1, 0.15) is 5.52 Å². The molecule has 0 aliphatic carbocycles. The van der Waals surface area contributed by atoms with Crippen molar-refractivity contribution >= 4 is 38.6 Å². The molecule has 5 nitrogen and oxygen atoms in total. The summed E-state index contributed by atoms with van der Waals surface area (Å²) in [6.45, 7) is 2.91. The lowest BCUT2D eigenvalue weighted by atomic mass is 10.2. The van der Waals surface area contributed by atoms with Crippen LogP contribution in [-0.4, -0.2) is 20.9 Å². The Morgan fingerprint density at radius 2 is 2.14 bits per heavy atom. The Balaban J connectivity index is 1.85. The van der Waals surface area contributed by atoms with Gasteiger partial charge in [0.25, 0.3) is 5.91 Å². The molecule has 0 atom stereocenters. The van der Waals surface area contributed by atoms with Crippen LogP contribution in [0.2, 0.25) is 0 Å². The van der Waals surface area contributed by atoms with E-state index in [1.807, 2.05) is 35.0 Å². The molecule has 3 aromatic rings. The normalized spacial score (nSPS) is 10.8. The second kappa shape index (κ2) is 6.27. The molecule has 0 fully saturated rings. The number of benzene rings is 2. The van der Waals surface area contributed by atoms with E-state index in [9.17, 15) is 4.79 Å². The Morgan fingerprint density at radius 3 is 2.91 bits per heavy atom. The first kappa shape index (κ1) is 14.7. The molecule has 1 aromatic heterocycles. The number of carbonyl (C=O) groups is 1. The van der Waals surface area contributed by atoms with Crippen LogP contribution in [0.15, 0.2) is 46.9 Å². The predicted octanol–water partition coefficient (Wildman–Crippen LogP) is 3.86. The van der Waals surface area contributed by atoms with Gasteiger partial charge >= 0.3 is 0 Å². The third kappa shape index (κ3) is 3.01. The number of carbonyl (C=O) groups excluding carboxylic acids is 1. The summed E-state index contributed by atoms with van der Waals surface area (Å²) >= 11 is 3.39. The van der Waals surface area contributed by atoms with Gasteiger partial charge in [-0.25, -0.2) is 4.68 Å². The standard InChI is InChI=1S/C16H15BrN4O/c1-2-8-21-15-7-6-11(9-14(15)19-20-21)16(22)18-13-5-3-4-12(17)10-13/h3-7,9-10H,2,8H2,1H3,(H,18,22). The lowest BCUT2D eigenvalue weighted by Crippen LogP contribution is -2.11. The highest BCUT2D eigenvalue weighted by Crippen LogP contribution is 2.18. The number of aryl methyl sites for hydroxylation is 1. The van der Waals surface area contributed by atoms with Crippen molar-refractivity contribution in [2.45, 2.75) is 19.9 Å². The van der Waals surface area contributed by atoms with Gasteiger partial charge < -0.3 is 5.32 Å². The molecule has 1 heterocycles. The number of amides is 1. The largest absolute Gasteiger partial charge is 0.322 e. The number of aromatic nitrogens is 3. The van der Waals surface area contributed by atoms with E-state index in [2.05, 4.69) is 38.5 Å². The fourth-order valence-corrected chi connectivity index (χ4v) is 2.66. The molecule has 0 aliphatic rings. The average molecular weight is 359 g/mol. The Hall–Kier alpha value is -2.21. The van der Waals surface area contributed by atoms with E-state index in [-0.39, 0.29) is 5.91 Å². The van der Waals surface area contributed by atoms with Crippen LogP contribution in [0.25, 0.3) is 11.0 Å². The molecule has 1 amide bonds. The summed E-state index contributed by atoms with van der Waals surface area (Å²) in [4.78, 5) is 12.3. The first-order valence-corrected chi connectivity index (χ1v) is 7.87. The lowest BCUT2D eigenvalue weighted by Gasteiger charge is -2.06. The number of rotatable bonds is 4. The van der Waals surface area contributed by atoms with E-state index in [1.54, 1.807) is 12.1 Å². The number of hydrogen-bond donors (Lipinski definition) is 1. The van der Waals surface area contributed by atoms with E-state index >= 15 is 0 Å². The molecule has 22 heavy (non-hydrogen) atoms. The van der Waals surface area contributed by atoms with Gasteiger partial charge in [-0.3, -0.25) is 4.79 Å². The van der Waals surface area contributed by atoms with Crippen LogP contribution in [0.4, 0.5) is 5.69 Å². The number of halogens is 1. The lowest BCUT2D eigenvalue weighted by molar-refractivity contribution is 0.102. The molecule has 0 radical (unpaired) electrons. The molecule has 3 rings (SSSR count). The summed E-state index contributed by atoms with van der Waals surface area (Å²) in [6, 6.07) is 12.9. The van der Waals surface area contributed by atoms with Gasteiger partial charge in [-0.2, -0.15) is 0 Å². The van der Waals surface area contributed by atoms with Crippen LogP contribution in [0.1, 0.15) is 23.7 Å². The molecule has 2 aromatic carbocycles. The van der Waals surface area contributed by atoms with Crippen molar-refractivity contribution in [1.82, 2.24) is 15.0 Å². The third-order valence-electron chi connectivity index (χ3n) is 3.29. The van der Waals surface area contributed by atoms with Gasteiger partial charge in [0.15, 0.2) is 0 Å². The molecular formula is C16H15BrN4O. The minimum absolute atomic E-state index is 0.162. The second-order valence-electron chi connectivity index (χ2n) is 4.98. The zero-order valence-electron chi connectivity index (χ0n) is 12.1. The summed E-state index contributed by atoms with van der Waals surface area (Å²) in [5.74, 6) is -0.162. The fourth-order valence-electron chi connectivity index (χ4n) is 2.26. The van der Waals surface area contributed by atoms with E-state index in [1.165, 1.54) is 0 Å². The van der Waals surface area contributed by atoms with E-state index in [0.717, 1.165) is 34.2 Å². The van der Waals surface area contributed by atoms with Crippen molar-refractivity contribution in [1.29, 1.82) is 0 Å². The van der Waals surface area contributed by atoms with Gasteiger partial charge in [0.05, 0.1) is 5.52 Å². The van der Waals surface area contributed by atoms with E-state index in [0.29, 0.717) is 5.56 Å². The van der Waals surface area contributed by atoms with Crippen molar-refractivity contribution in [2.24, 2.45) is 0 Å². The Bertz CT molecular complexity index is 828. The van der Waals surface area contributed by atoms with Gasteiger partial charge in [-0.15, -0.1) is 5.10 Å². The second-order valence-corrected chi connectivity index (χ2v) is 5.90. The van der Waals surface area contributed by atoms with Gasteiger partial charge in [0.2, 0.25) is 0 Å². The Morgan fingerprint density at radius 1 is 1.27 bits per heavy atom. The first-order chi connectivity index (χ1) is 10.7. The quantitative estimate of drug-likeness (QED) is 0.770. The minimum atomic E-state index is -0.162. The molecular weight excluding hydrogens is 344 g/mol.